The van der Waals surface area contributed by atoms with Crippen LogP contribution < -0.4 is 4.90 Å². The third-order valence-corrected chi connectivity index (χ3v) is 7.72. The van der Waals surface area contributed by atoms with Gasteiger partial charge in [0.25, 0.3) is 5.91 Å². The molecule has 2 saturated heterocycles. The Morgan fingerprint density at radius 1 is 0.972 bits per heavy atom. The van der Waals surface area contributed by atoms with Crippen LogP contribution in [0.25, 0.3) is 0 Å². The normalized spacial score (nSPS) is 17.6. The number of benzene rings is 2. The van der Waals surface area contributed by atoms with E-state index in [0.717, 1.165) is 37.1 Å². The first-order chi connectivity index (χ1) is 17.5. The number of halogens is 1. The second kappa shape index (κ2) is 12.3. The summed E-state index contributed by atoms with van der Waals surface area (Å²) in [7, 11) is 3.33. The molecule has 0 saturated carbocycles. The molecule has 2 aliphatic rings. The van der Waals surface area contributed by atoms with Gasteiger partial charge in [0.2, 0.25) is 5.91 Å². The van der Waals surface area contributed by atoms with E-state index in [1.54, 1.807) is 17.0 Å². The van der Waals surface area contributed by atoms with Gasteiger partial charge in [0, 0.05) is 57.6 Å². The molecule has 4 rings (SSSR count). The summed E-state index contributed by atoms with van der Waals surface area (Å²) in [5.41, 5.74) is 2.91. The van der Waals surface area contributed by atoms with Gasteiger partial charge >= 0.3 is 0 Å². The SMILES string of the molecule is COCC(=O)N(C)[C@@H](Cc1ccc(F)cc1)C1CCN(C(=O)c2ccc(N3CCCCC3)cc2)CC1. The number of carbonyl (C=O) groups excluding carboxylic acids is 2. The smallest absolute Gasteiger partial charge is 0.253 e. The van der Waals surface area contributed by atoms with Crippen molar-refractivity contribution in [3.63, 3.8) is 0 Å². The van der Waals surface area contributed by atoms with Gasteiger partial charge in [0.05, 0.1) is 0 Å². The molecule has 0 bridgehead atoms. The Morgan fingerprint density at radius 2 is 1.61 bits per heavy atom. The van der Waals surface area contributed by atoms with Crippen molar-refractivity contribution in [3.05, 3.63) is 65.5 Å². The quantitative estimate of drug-likeness (QED) is 0.545. The standard InChI is InChI=1S/C29H38FN3O3/c1-31(28(34)21-36-2)27(20-22-6-10-25(30)11-7-22)23-14-18-33(19-15-23)29(35)24-8-12-26(13-9-24)32-16-4-3-5-17-32/h6-13,23,27H,3-5,14-21H2,1-2H3/t27-/m0/s1. The lowest BCUT2D eigenvalue weighted by atomic mass is 9.84. The summed E-state index contributed by atoms with van der Waals surface area (Å²) in [6.07, 6.45) is 6.02. The average molecular weight is 496 g/mol. The first-order valence-corrected chi connectivity index (χ1v) is 13.1. The molecule has 194 valence electrons. The summed E-state index contributed by atoms with van der Waals surface area (Å²) in [4.78, 5) is 31.9. The van der Waals surface area contributed by atoms with Gasteiger partial charge in [-0.15, -0.1) is 0 Å². The summed E-state index contributed by atoms with van der Waals surface area (Å²) >= 11 is 0. The molecule has 0 spiro atoms. The van der Waals surface area contributed by atoms with Crippen LogP contribution in [0.3, 0.4) is 0 Å². The maximum Gasteiger partial charge on any atom is 0.253 e. The van der Waals surface area contributed by atoms with Crippen LogP contribution >= 0.6 is 0 Å². The lowest BCUT2D eigenvalue weighted by Gasteiger charge is -2.40. The molecule has 0 N–H and O–H groups in total. The van der Waals surface area contributed by atoms with Crippen molar-refractivity contribution >= 4 is 17.5 Å². The summed E-state index contributed by atoms with van der Waals surface area (Å²) in [5, 5.41) is 0. The highest BCUT2D eigenvalue weighted by molar-refractivity contribution is 5.94. The predicted octanol–water partition coefficient (Wildman–Crippen LogP) is 4.38. The number of nitrogens with zero attached hydrogens (tertiary/aromatic N) is 3. The highest BCUT2D eigenvalue weighted by atomic mass is 19.1. The second-order valence-electron chi connectivity index (χ2n) is 10.1. The molecule has 2 heterocycles. The third-order valence-electron chi connectivity index (χ3n) is 7.72. The molecule has 36 heavy (non-hydrogen) atoms. The minimum Gasteiger partial charge on any atom is -0.375 e. The van der Waals surface area contributed by atoms with Gasteiger partial charge < -0.3 is 19.4 Å². The molecule has 2 fully saturated rings. The Hall–Kier alpha value is -2.93. The van der Waals surface area contributed by atoms with Gasteiger partial charge in [0.1, 0.15) is 12.4 Å². The predicted molar refractivity (Wildman–Crippen MR) is 140 cm³/mol. The molecule has 2 aromatic carbocycles. The molecular formula is C29H38FN3O3. The molecule has 1 atom stereocenters. The summed E-state index contributed by atoms with van der Waals surface area (Å²) in [6, 6.07) is 14.5. The van der Waals surface area contributed by atoms with Gasteiger partial charge in [-0.3, -0.25) is 9.59 Å². The average Bonchev–Trinajstić information content (AvgIpc) is 2.93. The topological polar surface area (TPSA) is 53.1 Å². The van der Waals surface area contributed by atoms with E-state index in [1.165, 1.54) is 44.2 Å². The van der Waals surface area contributed by atoms with E-state index in [0.29, 0.717) is 19.5 Å². The Balaban J connectivity index is 1.39. The van der Waals surface area contributed by atoms with Crippen LogP contribution in [-0.2, 0) is 16.0 Å². The van der Waals surface area contributed by atoms with Crippen LogP contribution in [0.15, 0.2) is 48.5 Å². The lowest BCUT2D eigenvalue weighted by molar-refractivity contribution is -0.137. The van der Waals surface area contributed by atoms with Gasteiger partial charge in [0.15, 0.2) is 0 Å². The minimum absolute atomic E-state index is 0.0289. The molecule has 2 amide bonds. The number of likely N-dealkylation sites (N-methyl/N-ethyl adjacent to an activating group) is 1. The van der Waals surface area contributed by atoms with Crippen molar-refractivity contribution in [2.75, 3.05) is 51.8 Å². The summed E-state index contributed by atoms with van der Waals surface area (Å²) in [6.45, 7) is 3.51. The maximum atomic E-state index is 13.4. The minimum atomic E-state index is -0.269. The first-order valence-electron chi connectivity index (χ1n) is 13.1. The van der Waals surface area contributed by atoms with Crippen molar-refractivity contribution in [3.8, 4) is 0 Å². The van der Waals surface area contributed by atoms with Gasteiger partial charge in [-0.05, 0) is 86.4 Å². The molecular weight excluding hydrogens is 457 g/mol. The van der Waals surface area contributed by atoms with Gasteiger partial charge in [-0.1, -0.05) is 12.1 Å². The molecule has 0 aromatic heterocycles. The monoisotopic (exact) mass is 495 g/mol. The van der Waals surface area contributed by atoms with Crippen LogP contribution in [0.2, 0.25) is 0 Å². The molecule has 2 aliphatic heterocycles. The Bertz CT molecular complexity index is 997. The maximum absolute atomic E-state index is 13.4. The van der Waals surface area contributed by atoms with Crippen molar-refractivity contribution in [1.82, 2.24) is 9.80 Å². The number of hydrogen-bond donors (Lipinski definition) is 0. The largest absolute Gasteiger partial charge is 0.375 e. The Labute approximate surface area is 214 Å². The zero-order chi connectivity index (χ0) is 25.5. The van der Waals surface area contributed by atoms with Crippen molar-refractivity contribution in [2.45, 2.75) is 44.6 Å². The number of anilines is 1. The molecule has 7 heteroatoms. The van der Waals surface area contributed by atoms with Crippen LogP contribution in [0.1, 0.15) is 48.0 Å². The summed E-state index contributed by atoms with van der Waals surface area (Å²) < 4.78 is 18.5. The molecule has 6 nitrogen and oxygen atoms in total. The van der Waals surface area contributed by atoms with E-state index in [9.17, 15) is 14.0 Å². The molecule has 0 radical (unpaired) electrons. The number of rotatable bonds is 8. The third kappa shape index (κ3) is 6.44. The zero-order valence-corrected chi connectivity index (χ0v) is 21.5. The van der Waals surface area contributed by atoms with E-state index in [-0.39, 0.29) is 36.2 Å². The zero-order valence-electron chi connectivity index (χ0n) is 21.5. The van der Waals surface area contributed by atoms with Crippen LogP contribution in [0.4, 0.5) is 10.1 Å². The number of hydrogen-bond acceptors (Lipinski definition) is 4. The fourth-order valence-electron chi connectivity index (χ4n) is 5.53. The number of ether oxygens (including phenoxy) is 1. The van der Waals surface area contributed by atoms with E-state index in [2.05, 4.69) is 17.0 Å². The van der Waals surface area contributed by atoms with E-state index in [4.69, 9.17) is 4.74 Å². The van der Waals surface area contributed by atoms with Crippen LogP contribution in [0.5, 0.6) is 0 Å². The van der Waals surface area contributed by atoms with E-state index in [1.807, 2.05) is 24.1 Å². The van der Waals surface area contributed by atoms with Gasteiger partial charge in [-0.25, -0.2) is 4.39 Å². The van der Waals surface area contributed by atoms with Crippen LogP contribution in [-0.4, -0.2) is 74.6 Å². The van der Waals surface area contributed by atoms with Crippen molar-refractivity contribution in [2.24, 2.45) is 5.92 Å². The highest BCUT2D eigenvalue weighted by Gasteiger charge is 2.33. The van der Waals surface area contributed by atoms with E-state index < -0.39 is 0 Å². The first kappa shape index (κ1) is 26.1. The molecule has 0 aliphatic carbocycles. The second-order valence-corrected chi connectivity index (χ2v) is 10.1. The Morgan fingerprint density at radius 3 is 2.22 bits per heavy atom. The fourth-order valence-corrected chi connectivity index (χ4v) is 5.53. The van der Waals surface area contributed by atoms with E-state index >= 15 is 0 Å². The number of piperidine rings is 2. The Kier molecular flexibility index (Phi) is 8.97. The molecule has 0 unspecified atom stereocenters. The lowest BCUT2D eigenvalue weighted by Crippen LogP contribution is -2.49. The van der Waals surface area contributed by atoms with Gasteiger partial charge in [-0.2, -0.15) is 0 Å². The van der Waals surface area contributed by atoms with Crippen molar-refractivity contribution < 1.29 is 18.7 Å². The molecule has 2 aromatic rings. The number of likely N-dealkylation sites (tertiary alicyclic amines) is 1. The summed E-state index contributed by atoms with van der Waals surface area (Å²) in [5.74, 6) is -0.0317. The highest BCUT2D eigenvalue weighted by Crippen LogP contribution is 2.28. The number of methoxy groups -OCH3 is 1. The van der Waals surface area contributed by atoms with Crippen LogP contribution in [0, 0.1) is 11.7 Å². The van der Waals surface area contributed by atoms with Crippen molar-refractivity contribution in [1.29, 1.82) is 0 Å². The number of carbonyl (C=O) groups is 2. The fraction of sp³-hybridized carbons (Fsp3) is 0.517. The number of amides is 2.